The zero-order valence-corrected chi connectivity index (χ0v) is 15.2. The summed E-state index contributed by atoms with van der Waals surface area (Å²) in [5, 5.41) is 12.7. The van der Waals surface area contributed by atoms with Crippen molar-refractivity contribution in [3.63, 3.8) is 0 Å². The van der Waals surface area contributed by atoms with Crippen LogP contribution in [0.5, 0.6) is 0 Å². The Balaban J connectivity index is 2.05. The van der Waals surface area contributed by atoms with E-state index in [-0.39, 0.29) is 30.1 Å². The second-order valence-corrected chi connectivity index (χ2v) is 7.24. The van der Waals surface area contributed by atoms with E-state index in [1.165, 1.54) is 15.8 Å². The van der Waals surface area contributed by atoms with Gasteiger partial charge in [0.15, 0.2) is 5.69 Å². The number of hydrogen-bond donors (Lipinski definition) is 1. The Kier molecular flexibility index (Phi) is 6.08. The lowest BCUT2D eigenvalue weighted by Gasteiger charge is -2.18. The molecule has 2 aromatic rings. The van der Waals surface area contributed by atoms with Crippen LogP contribution >= 0.6 is 11.3 Å². The van der Waals surface area contributed by atoms with Gasteiger partial charge < -0.3 is 10.2 Å². The number of likely N-dealkylation sites (N-methyl/N-ethyl adjacent to an activating group) is 1. The van der Waals surface area contributed by atoms with Crippen LogP contribution in [0.25, 0.3) is 0 Å². The highest BCUT2D eigenvalue weighted by molar-refractivity contribution is 7.10. The van der Waals surface area contributed by atoms with Gasteiger partial charge in [0.1, 0.15) is 6.54 Å². The average Bonchev–Trinajstić information content (AvgIpc) is 3.17. The second kappa shape index (κ2) is 8.05. The van der Waals surface area contributed by atoms with Crippen molar-refractivity contribution >= 4 is 23.2 Å². The highest BCUT2D eigenvalue weighted by atomic mass is 32.1. The summed E-state index contributed by atoms with van der Waals surface area (Å²) in [7, 11) is 3.34. The fourth-order valence-electron chi connectivity index (χ4n) is 2.20. The van der Waals surface area contributed by atoms with Gasteiger partial charge in [0.25, 0.3) is 5.91 Å². The van der Waals surface area contributed by atoms with Gasteiger partial charge >= 0.3 is 0 Å². The monoisotopic (exact) mass is 349 g/mol. The Labute approximate surface area is 145 Å². The van der Waals surface area contributed by atoms with Crippen LogP contribution in [0, 0.1) is 5.92 Å². The van der Waals surface area contributed by atoms with E-state index in [2.05, 4.69) is 29.5 Å². The lowest BCUT2D eigenvalue weighted by molar-refractivity contribution is -0.129. The second-order valence-electron chi connectivity index (χ2n) is 6.26. The smallest absolute Gasteiger partial charge is 0.273 e. The number of hydrogen-bond acceptors (Lipinski definition) is 5. The van der Waals surface area contributed by atoms with E-state index >= 15 is 0 Å². The lowest BCUT2D eigenvalue weighted by Crippen LogP contribution is -2.29. The third kappa shape index (κ3) is 4.89. The van der Waals surface area contributed by atoms with Crippen molar-refractivity contribution in [3.8, 4) is 0 Å². The van der Waals surface area contributed by atoms with E-state index in [1.54, 1.807) is 25.4 Å². The fraction of sp³-hybridized carbons (Fsp3) is 0.500. The molecule has 0 aliphatic heterocycles. The van der Waals surface area contributed by atoms with Gasteiger partial charge in [-0.2, -0.15) is 0 Å². The van der Waals surface area contributed by atoms with Gasteiger partial charge in [-0.3, -0.25) is 9.59 Å². The minimum atomic E-state index is -0.280. The number of nitrogens with zero attached hydrogens (tertiary/aromatic N) is 4. The van der Waals surface area contributed by atoms with Gasteiger partial charge in [0.05, 0.1) is 12.2 Å². The van der Waals surface area contributed by atoms with E-state index in [0.717, 1.165) is 11.3 Å². The molecule has 0 aliphatic carbocycles. The van der Waals surface area contributed by atoms with E-state index in [4.69, 9.17) is 0 Å². The largest absolute Gasteiger partial charge is 0.347 e. The van der Waals surface area contributed by atoms with Crippen molar-refractivity contribution in [2.24, 2.45) is 5.92 Å². The predicted molar refractivity (Wildman–Crippen MR) is 92.7 cm³/mol. The van der Waals surface area contributed by atoms with Gasteiger partial charge in [0.2, 0.25) is 5.91 Å². The Morgan fingerprint density at radius 1 is 1.38 bits per heavy atom. The van der Waals surface area contributed by atoms with Gasteiger partial charge in [-0.1, -0.05) is 25.1 Å². The maximum Gasteiger partial charge on any atom is 0.273 e. The summed E-state index contributed by atoms with van der Waals surface area (Å²) in [6.45, 7) is 4.30. The third-order valence-electron chi connectivity index (χ3n) is 3.47. The van der Waals surface area contributed by atoms with Crippen molar-refractivity contribution in [2.75, 3.05) is 14.1 Å². The van der Waals surface area contributed by atoms with Crippen LogP contribution in [0.2, 0.25) is 0 Å². The van der Waals surface area contributed by atoms with Gasteiger partial charge in [-0.25, -0.2) is 4.68 Å². The zero-order valence-electron chi connectivity index (χ0n) is 14.4. The maximum atomic E-state index is 12.4. The van der Waals surface area contributed by atoms with Gasteiger partial charge in [-0.15, -0.1) is 16.4 Å². The zero-order chi connectivity index (χ0) is 17.7. The first-order chi connectivity index (χ1) is 11.4. The Morgan fingerprint density at radius 2 is 2.12 bits per heavy atom. The molecule has 0 radical (unpaired) electrons. The van der Waals surface area contributed by atoms with Crippen molar-refractivity contribution in [1.82, 2.24) is 25.2 Å². The molecule has 2 rings (SSSR count). The molecule has 0 bridgehead atoms. The Morgan fingerprint density at radius 3 is 2.71 bits per heavy atom. The molecule has 1 N–H and O–H groups in total. The molecule has 24 heavy (non-hydrogen) atoms. The van der Waals surface area contributed by atoms with E-state index in [0.29, 0.717) is 5.92 Å². The number of thiophene rings is 1. The first-order valence-corrected chi connectivity index (χ1v) is 8.69. The fourth-order valence-corrected chi connectivity index (χ4v) is 2.99. The van der Waals surface area contributed by atoms with Crippen molar-refractivity contribution < 1.29 is 9.59 Å². The molecule has 2 aromatic heterocycles. The molecule has 0 spiro atoms. The summed E-state index contributed by atoms with van der Waals surface area (Å²) < 4.78 is 1.37. The van der Waals surface area contributed by atoms with Crippen molar-refractivity contribution in [3.05, 3.63) is 34.3 Å². The summed E-state index contributed by atoms with van der Waals surface area (Å²) in [4.78, 5) is 26.7. The number of rotatable bonds is 7. The maximum absolute atomic E-state index is 12.4. The number of nitrogens with one attached hydrogen (secondary N) is 1. The minimum Gasteiger partial charge on any atom is -0.347 e. The topological polar surface area (TPSA) is 80.1 Å². The van der Waals surface area contributed by atoms with E-state index in [9.17, 15) is 9.59 Å². The summed E-state index contributed by atoms with van der Waals surface area (Å²) in [6, 6.07) is 3.94. The van der Waals surface area contributed by atoms with Crippen LogP contribution in [0.15, 0.2) is 23.7 Å². The summed E-state index contributed by atoms with van der Waals surface area (Å²) >= 11 is 1.62. The molecule has 2 heterocycles. The molecule has 130 valence electrons. The summed E-state index contributed by atoms with van der Waals surface area (Å²) in [5.74, 6) is 0.0616. The number of aromatic nitrogens is 3. The molecule has 0 saturated heterocycles. The van der Waals surface area contributed by atoms with Crippen molar-refractivity contribution in [1.29, 1.82) is 0 Å². The van der Waals surface area contributed by atoms with Crippen LogP contribution in [-0.4, -0.2) is 45.8 Å². The molecule has 0 fully saturated rings. The Bertz CT molecular complexity index is 678. The van der Waals surface area contributed by atoms with E-state index < -0.39 is 0 Å². The predicted octanol–water partition coefficient (Wildman–Crippen LogP) is 1.94. The average molecular weight is 349 g/mol. The molecule has 0 aromatic carbocycles. The number of carbonyl (C=O) groups is 2. The van der Waals surface area contributed by atoms with Gasteiger partial charge in [0, 0.05) is 19.0 Å². The van der Waals surface area contributed by atoms with Crippen LogP contribution in [0.3, 0.4) is 0 Å². The molecular formula is C16H23N5O2S. The third-order valence-corrected chi connectivity index (χ3v) is 4.45. The summed E-state index contributed by atoms with van der Waals surface area (Å²) in [6.07, 6.45) is 2.34. The van der Waals surface area contributed by atoms with Crippen LogP contribution in [0.4, 0.5) is 0 Å². The quantitative estimate of drug-likeness (QED) is 0.828. The minimum absolute atomic E-state index is 0.0499. The SMILES string of the molecule is CC(C)C[C@@H](NC(=O)c1cn(CC(=O)N(C)C)nn1)c1cccs1. The first-order valence-electron chi connectivity index (χ1n) is 7.81. The number of amides is 2. The molecule has 0 aliphatic rings. The molecule has 0 unspecified atom stereocenters. The standard InChI is InChI=1S/C16H23N5O2S/c1-11(2)8-12(14-6-5-7-24-14)17-16(23)13-9-21(19-18-13)10-15(22)20(3)4/h5-7,9,11-12H,8,10H2,1-4H3,(H,17,23)/t12-/m1/s1. The van der Waals surface area contributed by atoms with E-state index in [1.807, 2.05) is 17.5 Å². The van der Waals surface area contributed by atoms with Crippen LogP contribution in [0.1, 0.15) is 41.7 Å². The van der Waals surface area contributed by atoms with Gasteiger partial charge in [-0.05, 0) is 23.8 Å². The molecular weight excluding hydrogens is 326 g/mol. The summed E-state index contributed by atoms with van der Waals surface area (Å²) in [5.41, 5.74) is 0.215. The van der Waals surface area contributed by atoms with Crippen molar-refractivity contribution in [2.45, 2.75) is 32.9 Å². The molecule has 7 nitrogen and oxygen atoms in total. The normalized spacial score (nSPS) is 12.2. The highest BCUT2D eigenvalue weighted by Gasteiger charge is 2.20. The molecule has 1 atom stereocenters. The van der Waals surface area contributed by atoms with Crippen LogP contribution in [-0.2, 0) is 11.3 Å². The highest BCUT2D eigenvalue weighted by Crippen LogP contribution is 2.25. The van der Waals surface area contributed by atoms with Crippen LogP contribution < -0.4 is 5.32 Å². The molecule has 0 saturated carbocycles. The molecule has 8 heteroatoms. The molecule has 2 amide bonds. The lowest BCUT2D eigenvalue weighted by atomic mass is 10.0. The first kappa shape index (κ1) is 18.1. The Hall–Kier alpha value is -2.22. The number of carbonyl (C=O) groups excluding carboxylic acids is 2.